The Kier molecular flexibility index (Phi) is 5.30. The number of aromatic nitrogens is 2. The molecule has 8 nitrogen and oxygen atoms in total. The largest absolute Gasteiger partial charge is 0.455 e. The number of nitrogens with zero attached hydrogens (tertiary/aromatic N) is 3. The van der Waals surface area contributed by atoms with Crippen molar-refractivity contribution in [2.45, 2.75) is 6.42 Å². The highest BCUT2D eigenvalue weighted by Gasteiger charge is 2.27. The van der Waals surface area contributed by atoms with Gasteiger partial charge in [-0.3, -0.25) is 24.3 Å². The molecule has 1 N–H and O–H groups in total. The van der Waals surface area contributed by atoms with E-state index in [9.17, 15) is 14.4 Å². The number of para-hydroxylation sites is 2. The summed E-state index contributed by atoms with van der Waals surface area (Å²) in [6.45, 7) is -0.562. The van der Waals surface area contributed by atoms with Crippen molar-refractivity contribution < 1.29 is 19.1 Å². The van der Waals surface area contributed by atoms with Crippen LogP contribution in [0.25, 0.3) is 10.6 Å². The number of carbonyl (C=O) groups excluding carboxylic acids is 3. The van der Waals surface area contributed by atoms with Crippen molar-refractivity contribution in [1.82, 2.24) is 9.97 Å². The Morgan fingerprint density at radius 1 is 1.21 bits per heavy atom. The van der Waals surface area contributed by atoms with Crippen LogP contribution in [-0.4, -0.2) is 40.9 Å². The minimum Gasteiger partial charge on any atom is -0.455 e. The molecular formula is C20H16N4O4S. The third-order valence-corrected chi connectivity index (χ3v) is 5.15. The van der Waals surface area contributed by atoms with Gasteiger partial charge in [-0.15, -0.1) is 11.3 Å². The smallest absolute Gasteiger partial charge is 0.312 e. The Balaban J connectivity index is 1.35. The van der Waals surface area contributed by atoms with Crippen LogP contribution in [0.1, 0.15) is 5.69 Å². The van der Waals surface area contributed by atoms with Crippen LogP contribution < -0.4 is 10.2 Å². The number of benzene rings is 1. The molecule has 3 heterocycles. The van der Waals surface area contributed by atoms with Crippen molar-refractivity contribution in [3.8, 4) is 10.6 Å². The number of nitrogens with one attached hydrogen (secondary N) is 1. The van der Waals surface area contributed by atoms with Crippen LogP contribution in [0.3, 0.4) is 0 Å². The van der Waals surface area contributed by atoms with Crippen LogP contribution in [0, 0.1) is 0 Å². The Labute approximate surface area is 170 Å². The molecule has 2 amide bonds. The Morgan fingerprint density at radius 3 is 2.90 bits per heavy atom. The third-order valence-electron chi connectivity index (χ3n) is 4.21. The second-order valence-electron chi connectivity index (χ2n) is 6.27. The minimum absolute atomic E-state index is 0.0406. The van der Waals surface area contributed by atoms with Crippen molar-refractivity contribution in [3.05, 3.63) is 59.9 Å². The van der Waals surface area contributed by atoms with Crippen LogP contribution in [-0.2, 0) is 25.5 Å². The molecule has 0 atom stereocenters. The van der Waals surface area contributed by atoms with Crippen molar-refractivity contribution in [1.29, 1.82) is 0 Å². The number of hydrogen-bond acceptors (Lipinski definition) is 7. The minimum atomic E-state index is -0.559. The summed E-state index contributed by atoms with van der Waals surface area (Å²) in [6.07, 6.45) is 3.34. The fraction of sp³-hybridized carbons (Fsp3) is 0.150. The first-order chi connectivity index (χ1) is 14.1. The van der Waals surface area contributed by atoms with Gasteiger partial charge in [0, 0.05) is 23.3 Å². The zero-order chi connectivity index (χ0) is 20.2. The molecule has 0 radical (unpaired) electrons. The highest BCUT2D eigenvalue weighted by Crippen LogP contribution is 2.29. The van der Waals surface area contributed by atoms with Gasteiger partial charge in [-0.2, -0.15) is 0 Å². The van der Waals surface area contributed by atoms with Crippen molar-refractivity contribution in [2.24, 2.45) is 0 Å². The summed E-state index contributed by atoms with van der Waals surface area (Å²) in [5.74, 6) is -1.32. The summed E-state index contributed by atoms with van der Waals surface area (Å²) < 4.78 is 5.12. The highest BCUT2D eigenvalue weighted by atomic mass is 32.1. The molecule has 29 heavy (non-hydrogen) atoms. The Bertz CT molecular complexity index is 1070. The summed E-state index contributed by atoms with van der Waals surface area (Å²) >= 11 is 1.41. The average molecular weight is 408 g/mol. The van der Waals surface area contributed by atoms with Gasteiger partial charge in [-0.1, -0.05) is 12.1 Å². The van der Waals surface area contributed by atoms with E-state index in [1.54, 1.807) is 42.0 Å². The van der Waals surface area contributed by atoms with E-state index >= 15 is 0 Å². The summed E-state index contributed by atoms with van der Waals surface area (Å²) in [6, 6.07) is 10.7. The van der Waals surface area contributed by atoms with E-state index in [1.165, 1.54) is 16.2 Å². The number of carbonyl (C=O) groups is 3. The standard InChI is InChI=1S/C20H16N4O4S/c25-17-10-24(16-6-2-1-5-15(16)23-17)18(26)11-28-19(27)8-14-12-29-20(22-14)13-4-3-7-21-9-13/h1-7,9,12H,8,10-11H2,(H,23,25). The molecule has 0 fully saturated rings. The van der Waals surface area contributed by atoms with Crippen LogP contribution in [0.5, 0.6) is 0 Å². The first kappa shape index (κ1) is 18.8. The van der Waals surface area contributed by atoms with Gasteiger partial charge in [-0.05, 0) is 24.3 Å². The van der Waals surface area contributed by atoms with E-state index in [0.29, 0.717) is 17.1 Å². The predicted molar refractivity (Wildman–Crippen MR) is 107 cm³/mol. The van der Waals surface area contributed by atoms with E-state index in [-0.39, 0.29) is 18.9 Å². The molecule has 0 aliphatic carbocycles. The maximum Gasteiger partial charge on any atom is 0.312 e. The van der Waals surface area contributed by atoms with Crippen molar-refractivity contribution in [3.63, 3.8) is 0 Å². The molecule has 9 heteroatoms. The maximum atomic E-state index is 12.5. The summed E-state index contributed by atoms with van der Waals surface area (Å²) in [7, 11) is 0. The number of pyridine rings is 1. The SMILES string of the molecule is O=C1CN(C(=O)COC(=O)Cc2csc(-c3cccnc3)n2)c2ccccc2N1. The molecule has 0 spiro atoms. The van der Waals surface area contributed by atoms with Gasteiger partial charge in [0.2, 0.25) is 5.91 Å². The monoisotopic (exact) mass is 408 g/mol. The van der Waals surface area contributed by atoms with E-state index in [0.717, 1.165) is 10.6 Å². The van der Waals surface area contributed by atoms with E-state index in [1.807, 2.05) is 12.1 Å². The Morgan fingerprint density at radius 2 is 2.07 bits per heavy atom. The molecule has 146 valence electrons. The van der Waals surface area contributed by atoms with Gasteiger partial charge < -0.3 is 10.1 Å². The van der Waals surface area contributed by atoms with Crippen LogP contribution in [0.15, 0.2) is 54.2 Å². The summed E-state index contributed by atoms with van der Waals surface area (Å²) in [5, 5.41) is 5.24. The number of fused-ring (bicyclic) bond motifs is 1. The fourth-order valence-electron chi connectivity index (χ4n) is 2.88. The third kappa shape index (κ3) is 4.30. The molecule has 0 saturated carbocycles. The molecule has 2 aromatic heterocycles. The lowest BCUT2D eigenvalue weighted by Crippen LogP contribution is -2.44. The zero-order valence-electron chi connectivity index (χ0n) is 15.2. The molecule has 4 rings (SSSR count). The second-order valence-corrected chi connectivity index (χ2v) is 7.13. The van der Waals surface area contributed by atoms with E-state index < -0.39 is 18.5 Å². The average Bonchev–Trinajstić information content (AvgIpc) is 3.20. The number of hydrogen-bond donors (Lipinski definition) is 1. The highest BCUT2D eigenvalue weighted by molar-refractivity contribution is 7.13. The maximum absolute atomic E-state index is 12.5. The quantitative estimate of drug-likeness (QED) is 0.650. The van der Waals surface area contributed by atoms with Gasteiger partial charge in [-0.25, -0.2) is 4.98 Å². The van der Waals surface area contributed by atoms with Gasteiger partial charge in [0.1, 0.15) is 11.6 Å². The number of thiazole rings is 1. The molecule has 1 aliphatic rings. The molecular weight excluding hydrogens is 392 g/mol. The first-order valence-electron chi connectivity index (χ1n) is 8.80. The first-order valence-corrected chi connectivity index (χ1v) is 9.68. The Hall–Kier alpha value is -3.59. The number of ether oxygens (including phenoxy) is 1. The van der Waals surface area contributed by atoms with E-state index in [4.69, 9.17) is 4.74 Å². The number of rotatable bonds is 5. The van der Waals surface area contributed by atoms with Gasteiger partial charge >= 0.3 is 5.97 Å². The molecule has 0 unspecified atom stereocenters. The number of anilines is 2. The fourth-order valence-corrected chi connectivity index (χ4v) is 3.70. The summed E-state index contributed by atoms with van der Waals surface area (Å²) in [4.78, 5) is 46.2. The number of esters is 1. The molecule has 3 aromatic rings. The number of amides is 2. The lowest BCUT2D eigenvalue weighted by Gasteiger charge is -2.28. The van der Waals surface area contributed by atoms with Gasteiger partial charge in [0.25, 0.3) is 5.91 Å². The van der Waals surface area contributed by atoms with Gasteiger partial charge in [0.05, 0.1) is 23.5 Å². The topological polar surface area (TPSA) is 101 Å². The van der Waals surface area contributed by atoms with Crippen molar-refractivity contribution in [2.75, 3.05) is 23.4 Å². The van der Waals surface area contributed by atoms with Gasteiger partial charge in [0.15, 0.2) is 6.61 Å². The van der Waals surface area contributed by atoms with Crippen molar-refractivity contribution >= 4 is 40.5 Å². The lowest BCUT2D eigenvalue weighted by atomic mass is 10.2. The van der Waals surface area contributed by atoms with Crippen LogP contribution in [0.2, 0.25) is 0 Å². The van der Waals surface area contributed by atoms with E-state index in [2.05, 4.69) is 15.3 Å². The molecule has 0 bridgehead atoms. The normalized spacial score (nSPS) is 12.8. The molecule has 1 aliphatic heterocycles. The zero-order valence-corrected chi connectivity index (χ0v) is 16.0. The second kappa shape index (κ2) is 8.19. The lowest BCUT2D eigenvalue weighted by molar-refractivity contribution is -0.147. The predicted octanol–water partition coefficient (Wildman–Crippen LogP) is 2.28. The summed E-state index contributed by atoms with van der Waals surface area (Å²) in [5.41, 5.74) is 2.56. The van der Waals surface area contributed by atoms with Crippen LogP contribution >= 0.6 is 11.3 Å². The molecule has 0 saturated heterocycles. The van der Waals surface area contributed by atoms with Crippen LogP contribution in [0.4, 0.5) is 11.4 Å². The molecule has 1 aromatic carbocycles.